The molecule has 0 bridgehead atoms. The lowest BCUT2D eigenvalue weighted by Gasteiger charge is -2.05. The van der Waals surface area contributed by atoms with Crippen molar-refractivity contribution in [2.24, 2.45) is 0 Å². The van der Waals surface area contributed by atoms with Crippen molar-refractivity contribution in [1.82, 2.24) is 4.98 Å². The molecule has 0 fully saturated rings. The standard InChI is InChI=1S/C9H13NO2/c11-7-9(12)5-4-8-3-1-2-6-10-8/h1-3,6,9,11-12H,4-5,7H2/t9-/m0/s1. The van der Waals surface area contributed by atoms with E-state index in [1.165, 1.54) is 0 Å². The number of nitrogens with zero attached hydrogens (tertiary/aromatic N) is 1. The molecule has 0 saturated heterocycles. The molecule has 0 aliphatic rings. The maximum atomic E-state index is 9.04. The molecule has 0 saturated carbocycles. The van der Waals surface area contributed by atoms with Crippen LogP contribution in [-0.4, -0.2) is 27.9 Å². The van der Waals surface area contributed by atoms with Gasteiger partial charge >= 0.3 is 0 Å². The Bertz CT molecular complexity index is 213. The van der Waals surface area contributed by atoms with E-state index in [2.05, 4.69) is 4.98 Å². The molecule has 0 unspecified atom stereocenters. The highest BCUT2D eigenvalue weighted by atomic mass is 16.3. The number of rotatable bonds is 4. The molecule has 12 heavy (non-hydrogen) atoms. The van der Waals surface area contributed by atoms with Crippen LogP contribution in [0, 0.1) is 0 Å². The van der Waals surface area contributed by atoms with Crippen molar-refractivity contribution in [2.45, 2.75) is 18.9 Å². The number of aliphatic hydroxyl groups is 2. The van der Waals surface area contributed by atoms with Gasteiger partial charge in [0, 0.05) is 11.9 Å². The molecule has 0 aliphatic heterocycles. The van der Waals surface area contributed by atoms with Gasteiger partial charge in [0.2, 0.25) is 0 Å². The molecule has 1 heterocycles. The van der Waals surface area contributed by atoms with E-state index >= 15 is 0 Å². The van der Waals surface area contributed by atoms with E-state index < -0.39 is 6.10 Å². The minimum Gasteiger partial charge on any atom is -0.394 e. The van der Waals surface area contributed by atoms with Gasteiger partial charge in [0.25, 0.3) is 0 Å². The van der Waals surface area contributed by atoms with Crippen molar-refractivity contribution >= 4 is 0 Å². The molecule has 0 spiro atoms. The van der Waals surface area contributed by atoms with Crippen LogP contribution in [0.3, 0.4) is 0 Å². The van der Waals surface area contributed by atoms with Crippen LogP contribution in [0.25, 0.3) is 0 Å². The van der Waals surface area contributed by atoms with Crippen molar-refractivity contribution < 1.29 is 10.2 Å². The van der Waals surface area contributed by atoms with Gasteiger partial charge in [-0.1, -0.05) is 6.07 Å². The lowest BCUT2D eigenvalue weighted by atomic mass is 10.1. The predicted molar refractivity (Wildman–Crippen MR) is 45.7 cm³/mol. The summed E-state index contributed by atoms with van der Waals surface area (Å²) in [5, 5.41) is 17.6. The SMILES string of the molecule is OC[C@@H](O)CCc1ccccn1. The molecular weight excluding hydrogens is 154 g/mol. The Morgan fingerprint density at radius 1 is 1.42 bits per heavy atom. The van der Waals surface area contributed by atoms with Crippen LogP contribution in [0.4, 0.5) is 0 Å². The van der Waals surface area contributed by atoms with Gasteiger partial charge in [-0.05, 0) is 25.0 Å². The van der Waals surface area contributed by atoms with Gasteiger partial charge in [0.05, 0.1) is 12.7 Å². The zero-order chi connectivity index (χ0) is 8.81. The summed E-state index contributed by atoms with van der Waals surface area (Å²) in [6, 6.07) is 5.67. The second-order valence-corrected chi connectivity index (χ2v) is 2.70. The minimum atomic E-state index is -0.619. The smallest absolute Gasteiger partial charge is 0.0774 e. The summed E-state index contributed by atoms with van der Waals surface area (Å²) in [7, 11) is 0. The fraction of sp³-hybridized carbons (Fsp3) is 0.444. The first kappa shape index (κ1) is 9.16. The van der Waals surface area contributed by atoms with Gasteiger partial charge in [0.15, 0.2) is 0 Å². The topological polar surface area (TPSA) is 53.4 Å². The van der Waals surface area contributed by atoms with E-state index in [1.807, 2.05) is 18.2 Å². The fourth-order valence-electron chi connectivity index (χ4n) is 0.952. The van der Waals surface area contributed by atoms with Gasteiger partial charge in [-0.15, -0.1) is 0 Å². The first-order chi connectivity index (χ1) is 5.83. The van der Waals surface area contributed by atoms with Gasteiger partial charge in [-0.25, -0.2) is 0 Å². The van der Waals surface area contributed by atoms with Crippen molar-refractivity contribution in [3.8, 4) is 0 Å². The van der Waals surface area contributed by atoms with Crippen LogP contribution in [0.15, 0.2) is 24.4 Å². The van der Waals surface area contributed by atoms with Crippen LogP contribution >= 0.6 is 0 Å². The van der Waals surface area contributed by atoms with E-state index in [0.29, 0.717) is 12.8 Å². The number of pyridine rings is 1. The van der Waals surface area contributed by atoms with Crippen LogP contribution in [0.5, 0.6) is 0 Å². The molecule has 1 aromatic heterocycles. The van der Waals surface area contributed by atoms with Crippen LogP contribution in [-0.2, 0) is 6.42 Å². The van der Waals surface area contributed by atoms with E-state index in [4.69, 9.17) is 10.2 Å². The highest BCUT2D eigenvalue weighted by Crippen LogP contribution is 2.00. The molecule has 3 nitrogen and oxygen atoms in total. The van der Waals surface area contributed by atoms with Crippen molar-refractivity contribution in [1.29, 1.82) is 0 Å². The van der Waals surface area contributed by atoms with Gasteiger partial charge in [0.1, 0.15) is 0 Å². The number of aromatic nitrogens is 1. The zero-order valence-electron chi connectivity index (χ0n) is 6.85. The highest BCUT2D eigenvalue weighted by Gasteiger charge is 2.01. The van der Waals surface area contributed by atoms with E-state index in [0.717, 1.165) is 5.69 Å². The summed E-state index contributed by atoms with van der Waals surface area (Å²) >= 11 is 0. The van der Waals surface area contributed by atoms with E-state index in [9.17, 15) is 0 Å². The number of hydrogen-bond acceptors (Lipinski definition) is 3. The number of aryl methyl sites for hydroxylation is 1. The molecule has 1 atom stereocenters. The molecule has 0 amide bonds. The molecule has 0 aliphatic carbocycles. The minimum absolute atomic E-state index is 0.174. The summed E-state index contributed by atoms with van der Waals surface area (Å²) < 4.78 is 0. The maximum absolute atomic E-state index is 9.04. The summed E-state index contributed by atoms with van der Waals surface area (Å²) in [6.07, 6.45) is 2.38. The summed E-state index contributed by atoms with van der Waals surface area (Å²) in [4.78, 5) is 4.09. The largest absolute Gasteiger partial charge is 0.394 e. The van der Waals surface area contributed by atoms with Crippen LogP contribution in [0.2, 0.25) is 0 Å². The van der Waals surface area contributed by atoms with Gasteiger partial charge < -0.3 is 10.2 Å². The third kappa shape index (κ3) is 2.98. The summed E-state index contributed by atoms with van der Waals surface area (Å²) in [5.41, 5.74) is 0.949. The monoisotopic (exact) mass is 167 g/mol. The molecule has 66 valence electrons. The van der Waals surface area contributed by atoms with Crippen molar-refractivity contribution in [3.63, 3.8) is 0 Å². The Morgan fingerprint density at radius 2 is 2.25 bits per heavy atom. The molecule has 3 heteroatoms. The van der Waals surface area contributed by atoms with E-state index in [1.54, 1.807) is 6.20 Å². The lowest BCUT2D eigenvalue weighted by molar-refractivity contribution is 0.0884. The van der Waals surface area contributed by atoms with Crippen molar-refractivity contribution in [3.05, 3.63) is 30.1 Å². The second kappa shape index (κ2) is 4.85. The Morgan fingerprint density at radius 3 is 2.83 bits per heavy atom. The molecule has 1 aromatic rings. The van der Waals surface area contributed by atoms with E-state index in [-0.39, 0.29) is 6.61 Å². The summed E-state index contributed by atoms with van der Waals surface area (Å²) in [6.45, 7) is -0.174. The second-order valence-electron chi connectivity index (χ2n) is 2.70. The third-order valence-electron chi connectivity index (χ3n) is 1.67. The first-order valence-corrected chi connectivity index (χ1v) is 4.01. The Hall–Kier alpha value is -0.930. The summed E-state index contributed by atoms with van der Waals surface area (Å²) in [5.74, 6) is 0. The molecule has 0 aromatic carbocycles. The maximum Gasteiger partial charge on any atom is 0.0774 e. The quantitative estimate of drug-likeness (QED) is 0.681. The highest BCUT2D eigenvalue weighted by molar-refractivity contribution is 5.03. The average Bonchev–Trinajstić information content (AvgIpc) is 2.16. The molecule has 2 N–H and O–H groups in total. The normalized spacial score (nSPS) is 12.8. The number of hydrogen-bond donors (Lipinski definition) is 2. The Kier molecular flexibility index (Phi) is 3.70. The van der Waals surface area contributed by atoms with Gasteiger partial charge in [-0.2, -0.15) is 0 Å². The van der Waals surface area contributed by atoms with Crippen molar-refractivity contribution in [2.75, 3.05) is 6.61 Å². The lowest BCUT2D eigenvalue weighted by Crippen LogP contribution is -2.12. The van der Waals surface area contributed by atoms with Gasteiger partial charge in [-0.3, -0.25) is 4.98 Å². The van der Waals surface area contributed by atoms with Crippen LogP contribution < -0.4 is 0 Å². The Balaban J connectivity index is 2.33. The zero-order valence-corrected chi connectivity index (χ0v) is 6.85. The molecule has 1 rings (SSSR count). The first-order valence-electron chi connectivity index (χ1n) is 4.01. The predicted octanol–water partition coefficient (Wildman–Crippen LogP) is 0.367. The average molecular weight is 167 g/mol. The van der Waals surface area contributed by atoms with Crippen LogP contribution in [0.1, 0.15) is 12.1 Å². The molecule has 0 radical (unpaired) electrons. The molecular formula is C9H13NO2. The third-order valence-corrected chi connectivity index (χ3v) is 1.67. The Labute approximate surface area is 71.7 Å². The number of aliphatic hydroxyl groups excluding tert-OH is 2. The fourth-order valence-corrected chi connectivity index (χ4v) is 0.952.